The third-order valence-corrected chi connectivity index (χ3v) is 6.44. The molecular formula is C24H31BrN2O3. The quantitative estimate of drug-likeness (QED) is 0.670. The number of nitrogens with zero attached hydrogens (tertiary/aromatic N) is 2. The largest absolute Gasteiger partial charge is 1.00 e. The molecule has 0 fully saturated rings. The van der Waals surface area contributed by atoms with Crippen LogP contribution >= 0.6 is 0 Å². The van der Waals surface area contributed by atoms with Gasteiger partial charge in [0.05, 0.1) is 20.8 Å². The van der Waals surface area contributed by atoms with Crippen LogP contribution in [0.5, 0.6) is 11.5 Å². The Balaban J connectivity index is 0.00000256. The predicted molar refractivity (Wildman–Crippen MR) is 115 cm³/mol. The van der Waals surface area contributed by atoms with E-state index in [2.05, 4.69) is 41.5 Å². The van der Waals surface area contributed by atoms with Gasteiger partial charge in [0, 0.05) is 12.0 Å². The molecule has 1 N–H and O–H groups in total. The van der Waals surface area contributed by atoms with Gasteiger partial charge < -0.3 is 31.6 Å². The summed E-state index contributed by atoms with van der Waals surface area (Å²) in [5, 5.41) is 12.0. The van der Waals surface area contributed by atoms with Gasteiger partial charge in [0.2, 0.25) is 0 Å². The van der Waals surface area contributed by atoms with Crippen molar-refractivity contribution >= 4 is 11.5 Å². The lowest BCUT2D eigenvalue weighted by molar-refractivity contribution is -0.658. The number of benzene rings is 2. The lowest BCUT2D eigenvalue weighted by atomic mass is 10.0. The van der Waals surface area contributed by atoms with Crippen LogP contribution in [0.4, 0.5) is 5.69 Å². The summed E-state index contributed by atoms with van der Waals surface area (Å²) in [5.74, 6) is 2.53. The first-order chi connectivity index (χ1) is 14.0. The molecule has 0 aliphatic carbocycles. The minimum atomic E-state index is -1.10. The summed E-state index contributed by atoms with van der Waals surface area (Å²) >= 11 is 0. The van der Waals surface area contributed by atoms with Crippen molar-refractivity contribution in [1.82, 2.24) is 0 Å². The molecule has 0 radical (unpaired) electrons. The van der Waals surface area contributed by atoms with Gasteiger partial charge in [-0.15, -0.1) is 0 Å². The van der Waals surface area contributed by atoms with Crippen LogP contribution in [0.3, 0.4) is 0 Å². The van der Waals surface area contributed by atoms with Crippen LogP contribution in [0.2, 0.25) is 0 Å². The van der Waals surface area contributed by atoms with E-state index in [0.717, 1.165) is 31.4 Å². The molecule has 2 aliphatic heterocycles. The first-order valence-corrected chi connectivity index (χ1v) is 10.4. The van der Waals surface area contributed by atoms with Gasteiger partial charge in [0.1, 0.15) is 5.69 Å². The predicted octanol–water partition coefficient (Wildman–Crippen LogP) is 0.975. The first kappa shape index (κ1) is 22.6. The van der Waals surface area contributed by atoms with E-state index >= 15 is 0 Å². The van der Waals surface area contributed by atoms with E-state index < -0.39 is 5.72 Å². The molecule has 2 heterocycles. The third-order valence-electron chi connectivity index (χ3n) is 6.44. The van der Waals surface area contributed by atoms with Gasteiger partial charge in [-0.2, -0.15) is 0 Å². The van der Waals surface area contributed by atoms with Crippen molar-refractivity contribution in [3.63, 3.8) is 0 Å². The second-order valence-electron chi connectivity index (χ2n) is 8.07. The van der Waals surface area contributed by atoms with E-state index in [0.29, 0.717) is 18.0 Å². The molecular weight excluding hydrogens is 444 g/mol. The number of amidine groups is 1. The number of anilines is 1. The van der Waals surface area contributed by atoms with Crippen molar-refractivity contribution in [2.75, 3.05) is 32.2 Å². The van der Waals surface area contributed by atoms with Crippen molar-refractivity contribution in [2.45, 2.75) is 45.3 Å². The summed E-state index contributed by atoms with van der Waals surface area (Å²) in [6.07, 6.45) is 4.39. The summed E-state index contributed by atoms with van der Waals surface area (Å²) < 4.78 is 13.1. The third kappa shape index (κ3) is 3.71. The smallest absolute Gasteiger partial charge is 0.271 e. The summed E-state index contributed by atoms with van der Waals surface area (Å²) in [6.45, 7) is 5.66. The average Bonchev–Trinajstić information content (AvgIpc) is 2.89. The van der Waals surface area contributed by atoms with E-state index in [1.165, 1.54) is 29.1 Å². The Hall–Kier alpha value is -2.05. The summed E-state index contributed by atoms with van der Waals surface area (Å²) in [7, 11) is 3.26. The molecule has 162 valence electrons. The van der Waals surface area contributed by atoms with E-state index in [4.69, 9.17) is 9.47 Å². The molecule has 2 aromatic carbocycles. The normalized spacial score (nSPS) is 21.0. The molecule has 2 aromatic rings. The van der Waals surface area contributed by atoms with Crippen LogP contribution in [-0.4, -0.2) is 42.8 Å². The summed E-state index contributed by atoms with van der Waals surface area (Å²) in [4.78, 5) is 2.32. The molecule has 0 aromatic heterocycles. The van der Waals surface area contributed by atoms with Crippen LogP contribution < -0.4 is 31.4 Å². The fourth-order valence-corrected chi connectivity index (χ4v) is 4.65. The maximum absolute atomic E-state index is 12.0. The van der Waals surface area contributed by atoms with Crippen LogP contribution in [0.1, 0.15) is 42.4 Å². The average molecular weight is 475 g/mol. The second-order valence-corrected chi connectivity index (χ2v) is 8.07. The van der Waals surface area contributed by atoms with Crippen molar-refractivity contribution in [2.24, 2.45) is 0 Å². The van der Waals surface area contributed by atoms with Crippen molar-refractivity contribution in [3.8, 4) is 11.5 Å². The highest BCUT2D eigenvalue weighted by molar-refractivity contribution is 5.96. The van der Waals surface area contributed by atoms with Crippen molar-refractivity contribution in [3.05, 3.63) is 53.1 Å². The molecule has 30 heavy (non-hydrogen) atoms. The molecule has 4 rings (SSSR count). The molecule has 1 atom stereocenters. The zero-order valence-electron chi connectivity index (χ0n) is 18.2. The van der Waals surface area contributed by atoms with Crippen LogP contribution in [0.15, 0.2) is 36.4 Å². The van der Waals surface area contributed by atoms with Gasteiger partial charge in [0.15, 0.2) is 18.0 Å². The minimum absolute atomic E-state index is 0. The number of ether oxygens (including phenoxy) is 2. The molecule has 0 saturated heterocycles. The first-order valence-electron chi connectivity index (χ1n) is 10.4. The Morgan fingerprint density at radius 1 is 1.00 bits per heavy atom. The number of aryl methyl sites for hydroxylation is 1. The van der Waals surface area contributed by atoms with Gasteiger partial charge in [-0.25, -0.2) is 9.48 Å². The Morgan fingerprint density at radius 3 is 2.50 bits per heavy atom. The number of halogens is 1. The molecule has 0 bridgehead atoms. The standard InChI is InChI=1S/C24H31N2O3.BrH/c1-17-9-8-10-20(18(17)2)25-16-24(27,26-14-7-5-6-11-23(25)26)19-12-13-21(28-3)22(15-19)29-4;/h8-10,12-13,15,27H,5-7,11,14,16H2,1-4H3;1H/q+1;/p-1. The fourth-order valence-electron chi connectivity index (χ4n) is 4.65. The second kappa shape index (κ2) is 8.98. The zero-order valence-corrected chi connectivity index (χ0v) is 19.8. The Bertz CT molecular complexity index is 959. The van der Waals surface area contributed by atoms with Gasteiger partial charge in [0.25, 0.3) is 11.6 Å². The highest BCUT2D eigenvalue weighted by Gasteiger charge is 2.52. The Kier molecular flexibility index (Phi) is 6.78. The lowest BCUT2D eigenvalue weighted by Crippen LogP contribution is -3.00. The Labute approximate surface area is 189 Å². The monoisotopic (exact) mass is 474 g/mol. The molecule has 0 amide bonds. The lowest BCUT2D eigenvalue weighted by Gasteiger charge is -2.24. The number of hydrogen-bond donors (Lipinski definition) is 1. The minimum Gasteiger partial charge on any atom is -1.00 e. The number of β-amino-alcohol motifs (C(OH)–C–C–N with tert-alkyl or cyclic N) is 1. The highest BCUT2D eigenvalue weighted by atomic mass is 79.9. The topological polar surface area (TPSA) is 44.9 Å². The molecule has 6 heteroatoms. The zero-order chi connectivity index (χ0) is 20.6. The number of methoxy groups -OCH3 is 2. The fraction of sp³-hybridized carbons (Fsp3) is 0.458. The maximum atomic E-state index is 12.0. The van der Waals surface area contributed by atoms with E-state index in [1.807, 2.05) is 18.2 Å². The molecule has 2 aliphatic rings. The number of rotatable bonds is 4. The van der Waals surface area contributed by atoms with Crippen molar-refractivity contribution < 1.29 is 36.1 Å². The van der Waals surface area contributed by atoms with Crippen LogP contribution in [0.25, 0.3) is 0 Å². The Morgan fingerprint density at radius 2 is 1.77 bits per heavy atom. The molecule has 1 unspecified atom stereocenters. The van der Waals surface area contributed by atoms with Crippen molar-refractivity contribution in [1.29, 1.82) is 0 Å². The number of hydrogen-bond acceptors (Lipinski definition) is 4. The number of aliphatic hydroxyl groups is 1. The van der Waals surface area contributed by atoms with Gasteiger partial charge in [-0.05, 0) is 68.5 Å². The van der Waals surface area contributed by atoms with Gasteiger partial charge in [-0.3, -0.25) is 0 Å². The van der Waals surface area contributed by atoms with Crippen LogP contribution in [-0.2, 0) is 5.72 Å². The molecule has 5 nitrogen and oxygen atoms in total. The SMILES string of the molecule is COc1ccc(C2(O)CN(c3cccc(C)c3C)C3=[N+]2CCCCC3)cc1OC.[Br-]. The van der Waals surface area contributed by atoms with E-state index in [9.17, 15) is 5.11 Å². The van der Waals surface area contributed by atoms with Gasteiger partial charge in [-0.1, -0.05) is 12.1 Å². The van der Waals surface area contributed by atoms with Crippen LogP contribution in [0, 0.1) is 13.8 Å². The van der Waals surface area contributed by atoms with Gasteiger partial charge >= 0.3 is 0 Å². The summed E-state index contributed by atoms with van der Waals surface area (Å²) in [6, 6.07) is 12.2. The molecule has 0 saturated carbocycles. The highest BCUT2D eigenvalue weighted by Crippen LogP contribution is 2.39. The summed E-state index contributed by atoms with van der Waals surface area (Å²) in [5.41, 5.74) is 3.45. The maximum Gasteiger partial charge on any atom is 0.271 e. The van der Waals surface area contributed by atoms with E-state index in [1.54, 1.807) is 14.2 Å². The van der Waals surface area contributed by atoms with E-state index in [-0.39, 0.29) is 17.0 Å². The molecule has 0 spiro atoms.